The molecule has 1 unspecified atom stereocenters. The second-order valence-corrected chi connectivity index (χ2v) is 8.79. The van der Waals surface area contributed by atoms with E-state index in [0.29, 0.717) is 22.9 Å². The van der Waals surface area contributed by atoms with Gasteiger partial charge in [-0.15, -0.1) is 0 Å². The van der Waals surface area contributed by atoms with E-state index in [2.05, 4.69) is 41.4 Å². The predicted octanol–water partition coefficient (Wildman–Crippen LogP) is 5.97. The Morgan fingerprint density at radius 2 is 1.80 bits per heavy atom. The first kappa shape index (κ1) is 21.0. The van der Waals surface area contributed by atoms with Crippen molar-refractivity contribution in [1.82, 2.24) is 10.2 Å². The molecule has 1 amide bonds. The largest absolute Gasteiger partial charge is 0.451 e. The summed E-state index contributed by atoms with van der Waals surface area (Å²) in [5.41, 5.74) is 4.95. The Kier molecular flexibility index (Phi) is 6.16. The normalized spacial score (nSPS) is 16.0. The lowest BCUT2D eigenvalue weighted by Crippen LogP contribution is -2.40. The van der Waals surface area contributed by atoms with Gasteiger partial charge < -0.3 is 9.73 Å². The van der Waals surface area contributed by atoms with Gasteiger partial charge in [0.05, 0.1) is 6.04 Å². The molecule has 1 fully saturated rings. The highest BCUT2D eigenvalue weighted by atomic mass is 35.5. The third-order valence-electron chi connectivity index (χ3n) is 6.17. The van der Waals surface area contributed by atoms with Crippen molar-refractivity contribution in [2.24, 2.45) is 0 Å². The predicted molar refractivity (Wildman–Crippen MR) is 122 cm³/mol. The molecule has 1 aliphatic heterocycles. The number of halogens is 1. The topological polar surface area (TPSA) is 45.5 Å². The van der Waals surface area contributed by atoms with E-state index >= 15 is 0 Å². The Hall–Kier alpha value is -2.30. The smallest absolute Gasteiger partial charge is 0.287 e. The molecule has 0 saturated carbocycles. The number of rotatable bonds is 5. The SMILES string of the molecule is Cc1ccc(C(CNC(=O)c2oc3cc(C)c(Cl)cc3c2C)N2CCCCC2)cc1. The average Bonchev–Trinajstić information content (AvgIpc) is 3.06. The van der Waals surface area contributed by atoms with E-state index in [0.717, 1.165) is 29.6 Å². The van der Waals surface area contributed by atoms with Gasteiger partial charge in [0.25, 0.3) is 5.91 Å². The quantitative estimate of drug-likeness (QED) is 0.548. The van der Waals surface area contributed by atoms with Crippen molar-refractivity contribution in [2.75, 3.05) is 19.6 Å². The number of amides is 1. The van der Waals surface area contributed by atoms with E-state index in [-0.39, 0.29) is 11.9 Å². The monoisotopic (exact) mass is 424 g/mol. The van der Waals surface area contributed by atoms with Gasteiger partial charge in [-0.2, -0.15) is 0 Å². The number of carbonyl (C=O) groups is 1. The third-order valence-corrected chi connectivity index (χ3v) is 6.58. The van der Waals surface area contributed by atoms with Gasteiger partial charge in [0.2, 0.25) is 0 Å². The Bertz CT molecular complexity index is 1050. The van der Waals surface area contributed by atoms with Gasteiger partial charge in [0.15, 0.2) is 5.76 Å². The van der Waals surface area contributed by atoms with Crippen LogP contribution in [0.4, 0.5) is 0 Å². The van der Waals surface area contributed by atoms with Crippen LogP contribution in [0.25, 0.3) is 11.0 Å². The van der Waals surface area contributed by atoms with Crippen molar-refractivity contribution in [2.45, 2.75) is 46.1 Å². The minimum absolute atomic E-state index is 0.163. The van der Waals surface area contributed by atoms with Crippen LogP contribution >= 0.6 is 11.6 Å². The van der Waals surface area contributed by atoms with Gasteiger partial charge in [-0.05, 0) is 70.0 Å². The Morgan fingerprint density at radius 1 is 1.10 bits per heavy atom. The molecule has 1 N–H and O–H groups in total. The highest BCUT2D eigenvalue weighted by Gasteiger charge is 2.25. The van der Waals surface area contributed by atoms with Gasteiger partial charge in [0, 0.05) is 22.5 Å². The van der Waals surface area contributed by atoms with E-state index in [1.807, 2.05) is 26.0 Å². The first-order chi connectivity index (χ1) is 14.4. The average molecular weight is 425 g/mol. The van der Waals surface area contributed by atoms with Crippen molar-refractivity contribution >= 4 is 28.5 Å². The molecule has 2 aromatic carbocycles. The van der Waals surface area contributed by atoms with Crippen LogP contribution in [0.15, 0.2) is 40.8 Å². The molecule has 3 aromatic rings. The van der Waals surface area contributed by atoms with Crippen LogP contribution in [-0.2, 0) is 0 Å². The summed E-state index contributed by atoms with van der Waals surface area (Å²) in [4.78, 5) is 15.5. The number of likely N-dealkylation sites (tertiary alicyclic amines) is 1. The second-order valence-electron chi connectivity index (χ2n) is 8.39. The molecular weight excluding hydrogens is 396 g/mol. The van der Waals surface area contributed by atoms with Gasteiger partial charge >= 0.3 is 0 Å². The molecule has 2 heterocycles. The maximum atomic E-state index is 13.0. The summed E-state index contributed by atoms with van der Waals surface area (Å²) in [6.07, 6.45) is 3.70. The van der Waals surface area contributed by atoms with Gasteiger partial charge in [-0.3, -0.25) is 9.69 Å². The van der Waals surface area contributed by atoms with E-state index in [1.165, 1.54) is 30.4 Å². The fourth-order valence-corrected chi connectivity index (χ4v) is 4.47. The third kappa shape index (κ3) is 4.26. The molecule has 1 atom stereocenters. The number of aryl methyl sites for hydroxylation is 3. The first-order valence-electron chi connectivity index (χ1n) is 10.7. The van der Waals surface area contributed by atoms with Gasteiger partial charge in [-0.1, -0.05) is 47.9 Å². The van der Waals surface area contributed by atoms with Crippen molar-refractivity contribution in [3.05, 3.63) is 69.4 Å². The van der Waals surface area contributed by atoms with E-state index in [9.17, 15) is 4.79 Å². The summed E-state index contributed by atoms with van der Waals surface area (Å²) in [6, 6.07) is 12.6. The molecule has 0 aliphatic carbocycles. The molecular formula is C25H29ClN2O2. The van der Waals surface area contributed by atoms with Crippen molar-refractivity contribution in [1.29, 1.82) is 0 Å². The highest BCUT2D eigenvalue weighted by molar-refractivity contribution is 6.32. The van der Waals surface area contributed by atoms with Gasteiger partial charge in [-0.25, -0.2) is 0 Å². The molecule has 4 rings (SSSR count). The fraction of sp³-hybridized carbons (Fsp3) is 0.400. The second kappa shape index (κ2) is 8.83. The Labute approximate surface area is 183 Å². The van der Waals surface area contributed by atoms with E-state index in [4.69, 9.17) is 16.0 Å². The molecule has 1 saturated heterocycles. The number of hydrogen-bond donors (Lipinski definition) is 1. The summed E-state index contributed by atoms with van der Waals surface area (Å²) in [5.74, 6) is 0.194. The number of furan rings is 1. The maximum Gasteiger partial charge on any atom is 0.287 e. The van der Waals surface area contributed by atoms with Crippen LogP contribution < -0.4 is 5.32 Å². The molecule has 0 spiro atoms. The molecule has 0 bridgehead atoms. The Morgan fingerprint density at radius 3 is 2.50 bits per heavy atom. The van der Waals surface area contributed by atoms with Crippen LogP contribution in [0.3, 0.4) is 0 Å². The lowest BCUT2D eigenvalue weighted by Gasteiger charge is -2.35. The number of nitrogens with zero attached hydrogens (tertiary/aromatic N) is 1. The molecule has 30 heavy (non-hydrogen) atoms. The standard InChI is InChI=1S/C25H29ClN2O2/c1-16-7-9-19(10-8-16)22(28-11-5-4-6-12-28)15-27-25(29)24-18(3)20-14-21(26)17(2)13-23(20)30-24/h7-10,13-14,22H,4-6,11-12,15H2,1-3H3,(H,27,29). The molecule has 0 radical (unpaired) electrons. The number of nitrogens with one attached hydrogen (secondary N) is 1. The maximum absolute atomic E-state index is 13.0. The number of benzene rings is 2. The molecule has 1 aliphatic rings. The van der Waals surface area contributed by atoms with E-state index in [1.54, 1.807) is 0 Å². The Balaban J connectivity index is 1.55. The van der Waals surface area contributed by atoms with Crippen molar-refractivity contribution < 1.29 is 9.21 Å². The lowest BCUT2D eigenvalue weighted by atomic mass is 10.0. The summed E-state index contributed by atoms with van der Waals surface area (Å²) in [6.45, 7) is 8.63. The zero-order chi connectivity index (χ0) is 21.3. The van der Waals surface area contributed by atoms with Gasteiger partial charge in [0.1, 0.15) is 5.58 Å². The van der Waals surface area contributed by atoms with Crippen LogP contribution in [0.1, 0.15) is 58.1 Å². The van der Waals surface area contributed by atoms with E-state index < -0.39 is 0 Å². The summed E-state index contributed by atoms with van der Waals surface area (Å²) < 4.78 is 5.91. The van der Waals surface area contributed by atoms with Crippen molar-refractivity contribution in [3.8, 4) is 0 Å². The number of carbonyl (C=O) groups excluding carboxylic acids is 1. The number of hydrogen-bond acceptors (Lipinski definition) is 3. The molecule has 158 valence electrons. The molecule has 4 nitrogen and oxygen atoms in total. The number of piperidine rings is 1. The lowest BCUT2D eigenvalue weighted by molar-refractivity contribution is 0.0898. The number of fused-ring (bicyclic) bond motifs is 1. The summed E-state index contributed by atoms with van der Waals surface area (Å²) in [7, 11) is 0. The molecule has 5 heteroatoms. The first-order valence-corrected chi connectivity index (χ1v) is 11.1. The minimum Gasteiger partial charge on any atom is -0.451 e. The van der Waals surface area contributed by atoms with Crippen LogP contribution in [0, 0.1) is 20.8 Å². The zero-order valence-corrected chi connectivity index (χ0v) is 18.7. The van der Waals surface area contributed by atoms with Crippen LogP contribution in [0.2, 0.25) is 5.02 Å². The van der Waals surface area contributed by atoms with Crippen molar-refractivity contribution in [3.63, 3.8) is 0 Å². The fourth-order valence-electron chi connectivity index (χ4n) is 4.30. The van der Waals surface area contributed by atoms with Crippen LogP contribution in [-0.4, -0.2) is 30.4 Å². The zero-order valence-electron chi connectivity index (χ0n) is 17.9. The minimum atomic E-state index is -0.174. The molecule has 1 aromatic heterocycles. The van der Waals surface area contributed by atoms with Crippen LogP contribution in [0.5, 0.6) is 0 Å². The summed E-state index contributed by atoms with van der Waals surface area (Å²) in [5, 5.41) is 4.71. The highest BCUT2D eigenvalue weighted by Crippen LogP contribution is 2.30. The summed E-state index contributed by atoms with van der Waals surface area (Å²) >= 11 is 6.27.